The Balaban J connectivity index is 1.75. The van der Waals surface area contributed by atoms with E-state index in [1.807, 2.05) is 24.3 Å². The first kappa shape index (κ1) is 21.6. The van der Waals surface area contributed by atoms with Crippen molar-refractivity contribution in [1.29, 1.82) is 0 Å². The highest BCUT2D eigenvalue weighted by Crippen LogP contribution is 2.29. The van der Waals surface area contributed by atoms with Crippen LogP contribution in [0.15, 0.2) is 48.5 Å². The van der Waals surface area contributed by atoms with Gasteiger partial charge in [-0.1, -0.05) is 25.1 Å². The standard InChI is InChI=1S/C23H29N3O4/c1-3-25-12-14-26(15-13-25)21-11-10-18(23(28)29-4-2)16-20(21)24-22(27)17-30-19-8-6-5-7-9-19/h5-11,16H,3-4,12-15,17H2,1-2H3,(H,24,27). The fourth-order valence-corrected chi connectivity index (χ4v) is 3.41. The molecule has 1 N–H and O–H groups in total. The normalized spacial score (nSPS) is 14.3. The summed E-state index contributed by atoms with van der Waals surface area (Å²) in [5.74, 6) is -0.0620. The van der Waals surface area contributed by atoms with Crippen molar-refractivity contribution >= 4 is 23.3 Å². The number of anilines is 2. The van der Waals surface area contributed by atoms with Gasteiger partial charge < -0.3 is 24.6 Å². The van der Waals surface area contributed by atoms with Gasteiger partial charge in [0.15, 0.2) is 6.61 Å². The number of nitrogens with one attached hydrogen (secondary N) is 1. The molecule has 2 aromatic carbocycles. The molecule has 30 heavy (non-hydrogen) atoms. The van der Waals surface area contributed by atoms with Crippen LogP contribution in [0, 0.1) is 0 Å². The molecule has 7 nitrogen and oxygen atoms in total. The lowest BCUT2D eigenvalue weighted by Crippen LogP contribution is -2.46. The number of para-hydroxylation sites is 1. The molecule has 0 atom stereocenters. The maximum atomic E-state index is 12.5. The van der Waals surface area contributed by atoms with E-state index in [1.54, 1.807) is 31.2 Å². The summed E-state index contributed by atoms with van der Waals surface area (Å²) in [6.45, 7) is 8.76. The number of rotatable bonds is 8. The lowest BCUT2D eigenvalue weighted by atomic mass is 10.1. The minimum atomic E-state index is -0.407. The Morgan fingerprint density at radius 2 is 1.73 bits per heavy atom. The van der Waals surface area contributed by atoms with Crippen LogP contribution in [0.5, 0.6) is 5.75 Å². The smallest absolute Gasteiger partial charge is 0.338 e. The molecule has 1 fully saturated rings. The Bertz CT molecular complexity index is 849. The van der Waals surface area contributed by atoms with Crippen LogP contribution < -0.4 is 15.0 Å². The Hall–Kier alpha value is -3.06. The Labute approximate surface area is 177 Å². The van der Waals surface area contributed by atoms with Crippen LogP contribution >= 0.6 is 0 Å². The van der Waals surface area contributed by atoms with Crippen LogP contribution in [0.25, 0.3) is 0 Å². The fourth-order valence-electron chi connectivity index (χ4n) is 3.41. The van der Waals surface area contributed by atoms with Gasteiger partial charge >= 0.3 is 5.97 Å². The molecule has 0 aliphatic carbocycles. The molecule has 1 aliphatic heterocycles. The van der Waals surface area contributed by atoms with Crippen molar-refractivity contribution in [2.24, 2.45) is 0 Å². The van der Waals surface area contributed by atoms with Crippen molar-refractivity contribution in [2.45, 2.75) is 13.8 Å². The van der Waals surface area contributed by atoms with Gasteiger partial charge in [-0.05, 0) is 43.8 Å². The summed E-state index contributed by atoms with van der Waals surface area (Å²) in [7, 11) is 0. The van der Waals surface area contributed by atoms with Crippen LogP contribution in [-0.4, -0.2) is 62.7 Å². The number of hydrogen-bond donors (Lipinski definition) is 1. The summed E-state index contributed by atoms with van der Waals surface area (Å²) < 4.78 is 10.7. The molecule has 7 heteroatoms. The van der Waals surface area contributed by atoms with Crippen LogP contribution in [0.2, 0.25) is 0 Å². The summed E-state index contributed by atoms with van der Waals surface area (Å²) >= 11 is 0. The maximum absolute atomic E-state index is 12.5. The first-order valence-corrected chi connectivity index (χ1v) is 10.4. The summed E-state index contributed by atoms with van der Waals surface area (Å²) in [5, 5.41) is 2.91. The molecule has 0 unspecified atom stereocenters. The van der Waals surface area contributed by atoms with E-state index in [9.17, 15) is 9.59 Å². The van der Waals surface area contributed by atoms with Crippen LogP contribution in [0.4, 0.5) is 11.4 Å². The molecule has 0 saturated carbocycles. The fraction of sp³-hybridized carbons (Fsp3) is 0.391. The summed E-state index contributed by atoms with van der Waals surface area (Å²) in [6, 6.07) is 14.5. The van der Waals surface area contributed by atoms with E-state index in [-0.39, 0.29) is 12.5 Å². The Morgan fingerprint density at radius 1 is 1.00 bits per heavy atom. The summed E-state index contributed by atoms with van der Waals surface area (Å²) in [4.78, 5) is 29.3. The lowest BCUT2D eigenvalue weighted by molar-refractivity contribution is -0.118. The van der Waals surface area contributed by atoms with E-state index in [2.05, 4.69) is 22.0 Å². The number of likely N-dealkylation sites (N-methyl/N-ethyl adjacent to an activating group) is 1. The predicted octanol–water partition coefficient (Wildman–Crippen LogP) is 3.02. The number of amides is 1. The molecule has 1 amide bonds. The molecule has 0 radical (unpaired) electrons. The van der Waals surface area contributed by atoms with Crippen molar-refractivity contribution in [2.75, 3.05) is 56.2 Å². The van der Waals surface area contributed by atoms with E-state index in [1.165, 1.54) is 0 Å². The molecule has 3 rings (SSSR count). The second-order valence-electron chi connectivity index (χ2n) is 7.02. The van der Waals surface area contributed by atoms with E-state index in [4.69, 9.17) is 9.47 Å². The van der Waals surface area contributed by atoms with Gasteiger partial charge in [0.1, 0.15) is 5.75 Å². The Morgan fingerprint density at radius 3 is 2.40 bits per heavy atom. The number of carbonyl (C=O) groups is 2. The third-order valence-corrected chi connectivity index (χ3v) is 5.06. The molecule has 2 aromatic rings. The molecule has 1 heterocycles. The zero-order valence-corrected chi connectivity index (χ0v) is 17.6. The highest BCUT2D eigenvalue weighted by molar-refractivity contribution is 5.98. The summed E-state index contributed by atoms with van der Waals surface area (Å²) in [6.07, 6.45) is 0. The highest BCUT2D eigenvalue weighted by Gasteiger charge is 2.21. The van der Waals surface area contributed by atoms with E-state index in [0.717, 1.165) is 38.4 Å². The average molecular weight is 412 g/mol. The van der Waals surface area contributed by atoms with Crippen molar-refractivity contribution in [1.82, 2.24) is 4.90 Å². The number of benzene rings is 2. The second kappa shape index (κ2) is 10.6. The van der Waals surface area contributed by atoms with Crippen molar-refractivity contribution in [3.05, 3.63) is 54.1 Å². The van der Waals surface area contributed by atoms with E-state index < -0.39 is 5.97 Å². The maximum Gasteiger partial charge on any atom is 0.338 e. The Kier molecular flexibility index (Phi) is 7.68. The van der Waals surface area contributed by atoms with Crippen molar-refractivity contribution in [3.63, 3.8) is 0 Å². The van der Waals surface area contributed by atoms with Gasteiger partial charge in [-0.25, -0.2) is 4.79 Å². The van der Waals surface area contributed by atoms with Crippen molar-refractivity contribution in [3.8, 4) is 5.75 Å². The number of hydrogen-bond acceptors (Lipinski definition) is 6. The number of esters is 1. The molecule has 0 bridgehead atoms. The number of carbonyl (C=O) groups excluding carboxylic acids is 2. The number of piperazine rings is 1. The first-order valence-electron chi connectivity index (χ1n) is 10.4. The van der Waals surface area contributed by atoms with Gasteiger partial charge in [-0.2, -0.15) is 0 Å². The SMILES string of the molecule is CCOC(=O)c1ccc(N2CCN(CC)CC2)c(NC(=O)COc2ccccc2)c1. The van der Waals surface area contributed by atoms with E-state index in [0.29, 0.717) is 23.6 Å². The van der Waals surface area contributed by atoms with Crippen LogP contribution in [0.3, 0.4) is 0 Å². The molecular weight excluding hydrogens is 382 g/mol. The number of ether oxygens (including phenoxy) is 2. The van der Waals surface area contributed by atoms with Gasteiger partial charge in [0.25, 0.3) is 5.91 Å². The van der Waals surface area contributed by atoms with Crippen molar-refractivity contribution < 1.29 is 19.1 Å². The average Bonchev–Trinajstić information content (AvgIpc) is 2.78. The predicted molar refractivity (Wildman–Crippen MR) is 117 cm³/mol. The lowest BCUT2D eigenvalue weighted by Gasteiger charge is -2.36. The highest BCUT2D eigenvalue weighted by atomic mass is 16.5. The molecule has 0 aromatic heterocycles. The summed E-state index contributed by atoms with van der Waals surface area (Å²) in [5.41, 5.74) is 1.89. The van der Waals surface area contributed by atoms with Gasteiger partial charge in [-0.15, -0.1) is 0 Å². The second-order valence-corrected chi connectivity index (χ2v) is 7.02. The monoisotopic (exact) mass is 411 g/mol. The van der Waals surface area contributed by atoms with Gasteiger partial charge in [-0.3, -0.25) is 4.79 Å². The molecule has 1 aliphatic rings. The third-order valence-electron chi connectivity index (χ3n) is 5.06. The molecule has 160 valence electrons. The number of nitrogens with zero attached hydrogens (tertiary/aromatic N) is 2. The topological polar surface area (TPSA) is 71.1 Å². The van der Waals surface area contributed by atoms with Gasteiger partial charge in [0, 0.05) is 26.2 Å². The van der Waals surface area contributed by atoms with Crippen LogP contribution in [-0.2, 0) is 9.53 Å². The quantitative estimate of drug-likeness (QED) is 0.674. The first-order chi connectivity index (χ1) is 14.6. The zero-order chi connectivity index (χ0) is 21.3. The third kappa shape index (κ3) is 5.73. The van der Waals surface area contributed by atoms with E-state index >= 15 is 0 Å². The van der Waals surface area contributed by atoms with Gasteiger partial charge in [0.05, 0.1) is 23.5 Å². The minimum Gasteiger partial charge on any atom is -0.484 e. The minimum absolute atomic E-state index is 0.114. The zero-order valence-electron chi connectivity index (χ0n) is 17.6. The van der Waals surface area contributed by atoms with Gasteiger partial charge in [0.2, 0.25) is 0 Å². The molecule has 0 spiro atoms. The largest absolute Gasteiger partial charge is 0.484 e. The molecular formula is C23H29N3O4. The van der Waals surface area contributed by atoms with Crippen LogP contribution in [0.1, 0.15) is 24.2 Å². The molecule has 1 saturated heterocycles.